The van der Waals surface area contributed by atoms with Crippen molar-refractivity contribution in [1.82, 2.24) is 0 Å². The monoisotopic (exact) mass is 784 g/mol. The van der Waals surface area contributed by atoms with E-state index in [9.17, 15) is 0 Å². The molecule has 0 amide bonds. The van der Waals surface area contributed by atoms with Gasteiger partial charge in [0, 0.05) is 31.2 Å². The third kappa shape index (κ3) is 4.22. The maximum atomic E-state index is 2.57. The molecule has 0 N–H and O–H groups in total. The van der Waals surface area contributed by atoms with Gasteiger partial charge in [-0.25, -0.2) is 0 Å². The molecule has 1 spiro atoms. The second-order valence-electron chi connectivity index (χ2n) is 18.7. The predicted molar refractivity (Wildman–Crippen MR) is 251 cm³/mol. The fourth-order valence-electron chi connectivity index (χ4n) is 14.3. The second kappa shape index (κ2) is 12.3. The lowest BCUT2D eigenvalue weighted by atomic mass is 9.42. The summed E-state index contributed by atoms with van der Waals surface area (Å²) < 4.78 is 2.78. The van der Waals surface area contributed by atoms with Crippen LogP contribution in [0.15, 0.2) is 182 Å². The molecule has 1 heterocycles. The number of hydrogen-bond acceptors (Lipinski definition) is 1. The van der Waals surface area contributed by atoms with Crippen molar-refractivity contribution in [2.75, 3.05) is 0 Å². The molecular weight excluding hydrogens is 741 g/mol. The Bertz CT molecular complexity index is 3140. The Kier molecular flexibility index (Phi) is 6.91. The molecule has 6 aliphatic carbocycles. The van der Waals surface area contributed by atoms with Crippen molar-refractivity contribution in [2.24, 2.45) is 23.7 Å². The van der Waals surface area contributed by atoms with Gasteiger partial charge in [-0.3, -0.25) is 0 Å². The van der Waals surface area contributed by atoms with E-state index >= 15 is 0 Å². The molecule has 4 bridgehead atoms. The van der Waals surface area contributed by atoms with Gasteiger partial charge in [-0.1, -0.05) is 176 Å². The van der Waals surface area contributed by atoms with Crippen LogP contribution in [-0.4, -0.2) is 0 Å². The third-order valence-electron chi connectivity index (χ3n) is 16.2. The summed E-state index contributed by atoms with van der Waals surface area (Å²) in [5, 5.41) is 2.75. The number of fused-ring (bicyclic) bond motifs is 9. The number of benzene rings is 8. The molecule has 8 aromatic carbocycles. The Balaban J connectivity index is 0.999. The quantitative estimate of drug-likeness (QED) is 0.167. The van der Waals surface area contributed by atoms with E-state index in [4.69, 9.17) is 0 Å². The smallest absolute Gasteiger partial charge is 0.0713 e. The van der Waals surface area contributed by atoms with Crippen LogP contribution in [0.5, 0.6) is 0 Å². The first-order valence-corrected chi connectivity index (χ1v) is 23.1. The molecule has 0 unspecified atom stereocenters. The third-order valence-corrected chi connectivity index (χ3v) is 17.4. The standard InChI is InChI=1S/C59H44S/c1-2-13-39(14-3-1)58(51-23-7-4-15-44(51)45-16-5-8-24-52(45)58)40-29-27-38(28-30-40)43-18-10-22-50-55-47(49-21-11-20-48-46-17-6-9-26-54(46)60-57(48)49)19-12-25-53(55)59(56(43)50)41-32-36-31-37(34-41)35-42(59)33-36/h1-30,36-37,41-42H,31-35H2. The van der Waals surface area contributed by atoms with Crippen LogP contribution in [0.2, 0.25) is 0 Å². The summed E-state index contributed by atoms with van der Waals surface area (Å²) in [6.07, 6.45) is 6.93. The molecule has 4 saturated carbocycles. The Morgan fingerprint density at radius 2 is 0.917 bits per heavy atom. The molecular formula is C59H44S. The first kappa shape index (κ1) is 33.8. The van der Waals surface area contributed by atoms with E-state index in [1.807, 2.05) is 11.3 Å². The van der Waals surface area contributed by atoms with Gasteiger partial charge in [0.15, 0.2) is 0 Å². The van der Waals surface area contributed by atoms with Gasteiger partial charge < -0.3 is 0 Å². The average Bonchev–Trinajstić information content (AvgIpc) is 3.94. The van der Waals surface area contributed by atoms with Crippen molar-refractivity contribution in [1.29, 1.82) is 0 Å². The van der Waals surface area contributed by atoms with Gasteiger partial charge in [0.25, 0.3) is 0 Å². The van der Waals surface area contributed by atoms with Crippen LogP contribution in [0.3, 0.4) is 0 Å². The average molecular weight is 785 g/mol. The van der Waals surface area contributed by atoms with Crippen molar-refractivity contribution in [2.45, 2.75) is 42.9 Å². The number of rotatable bonds is 4. The summed E-state index contributed by atoms with van der Waals surface area (Å²) in [5.74, 6) is 3.13. The molecule has 4 fully saturated rings. The molecule has 60 heavy (non-hydrogen) atoms. The molecule has 286 valence electrons. The van der Waals surface area contributed by atoms with Crippen molar-refractivity contribution < 1.29 is 0 Å². The van der Waals surface area contributed by atoms with Gasteiger partial charge in [-0.15, -0.1) is 11.3 Å². The van der Waals surface area contributed by atoms with E-state index in [2.05, 4.69) is 182 Å². The van der Waals surface area contributed by atoms with E-state index in [1.54, 1.807) is 11.1 Å². The van der Waals surface area contributed by atoms with E-state index in [0.717, 1.165) is 11.8 Å². The molecule has 1 aromatic heterocycles. The van der Waals surface area contributed by atoms with E-state index < -0.39 is 5.41 Å². The Hall–Kier alpha value is -6.02. The normalized spacial score (nSPS) is 23.5. The minimum Gasteiger partial charge on any atom is -0.135 e. The lowest BCUT2D eigenvalue weighted by Crippen LogP contribution is -2.55. The Labute approximate surface area is 356 Å². The lowest BCUT2D eigenvalue weighted by molar-refractivity contribution is -0.0397. The van der Waals surface area contributed by atoms with Crippen LogP contribution in [0.4, 0.5) is 0 Å². The van der Waals surface area contributed by atoms with Crippen LogP contribution in [0, 0.1) is 23.7 Å². The molecule has 0 radical (unpaired) electrons. The van der Waals surface area contributed by atoms with Gasteiger partial charge in [0.1, 0.15) is 0 Å². The first-order valence-electron chi connectivity index (χ1n) is 22.3. The summed E-state index contributed by atoms with van der Waals surface area (Å²) >= 11 is 1.96. The zero-order valence-corrected chi connectivity index (χ0v) is 34.4. The topological polar surface area (TPSA) is 0 Å². The summed E-state index contributed by atoms with van der Waals surface area (Å²) in [6.45, 7) is 0. The van der Waals surface area contributed by atoms with Crippen LogP contribution in [-0.2, 0) is 10.8 Å². The number of hydrogen-bond donors (Lipinski definition) is 0. The largest absolute Gasteiger partial charge is 0.135 e. The molecule has 0 nitrogen and oxygen atoms in total. The zero-order valence-electron chi connectivity index (χ0n) is 33.6. The van der Waals surface area contributed by atoms with Crippen LogP contribution < -0.4 is 0 Å². The zero-order chi connectivity index (χ0) is 39.2. The van der Waals surface area contributed by atoms with E-state index in [0.29, 0.717) is 11.8 Å². The van der Waals surface area contributed by atoms with Crippen molar-refractivity contribution in [3.63, 3.8) is 0 Å². The predicted octanol–water partition coefficient (Wildman–Crippen LogP) is 15.5. The fourth-order valence-corrected chi connectivity index (χ4v) is 15.6. The van der Waals surface area contributed by atoms with E-state index in [1.165, 1.54) is 119 Å². The first-order chi connectivity index (χ1) is 29.7. The lowest BCUT2D eigenvalue weighted by Gasteiger charge is -2.61. The van der Waals surface area contributed by atoms with Gasteiger partial charge in [-0.2, -0.15) is 0 Å². The fraction of sp³-hybridized carbons (Fsp3) is 0.186. The van der Waals surface area contributed by atoms with Gasteiger partial charge in [0.2, 0.25) is 0 Å². The van der Waals surface area contributed by atoms with Crippen molar-refractivity contribution >= 4 is 31.5 Å². The van der Waals surface area contributed by atoms with Crippen LogP contribution in [0.25, 0.3) is 64.7 Å². The Morgan fingerprint density at radius 3 is 1.67 bits per heavy atom. The maximum absolute atomic E-state index is 2.57. The minimum atomic E-state index is -0.396. The van der Waals surface area contributed by atoms with Crippen LogP contribution in [0.1, 0.15) is 65.5 Å². The van der Waals surface area contributed by atoms with Crippen LogP contribution >= 0.6 is 11.3 Å². The van der Waals surface area contributed by atoms with E-state index in [-0.39, 0.29) is 5.41 Å². The molecule has 0 atom stereocenters. The van der Waals surface area contributed by atoms with Gasteiger partial charge in [0.05, 0.1) is 5.41 Å². The van der Waals surface area contributed by atoms with Gasteiger partial charge in [-0.05, 0) is 134 Å². The number of thiophene rings is 1. The van der Waals surface area contributed by atoms with Gasteiger partial charge >= 0.3 is 0 Å². The summed E-state index contributed by atoms with van der Waals surface area (Å²) in [7, 11) is 0. The summed E-state index contributed by atoms with van der Waals surface area (Å²) in [6, 6.07) is 70.1. The molecule has 6 aliphatic rings. The SMILES string of the molecule is c1ccc(C2(c3ccc(-c4cccc5c4C4(c6cccc(-c7cccc8c7sc7ccccc78)c6-5)C5CC6CC(C5)CC4C6)cc3)c3ccccc3-c3ccccc32)cc1. The molecule has 15 rings (SSSR count). The van der Waals surface area contributed by atoms with Crippen molar-refractivity contribution in [3.8, 4) is 44.5 Å². The highest BCUT2D eigenvalue weighted by Gasteiger charge is 2.62. The highest BCUT2D eigenvalue weighted by molar-refractivity contribution is 7.26. The molecule has 0 aliphatic heterocycles. The summed E-state index contributed by atoms with van der Waals surface area (Å²) in [4.78, 5) is 0. The molecule has 1 heteroatoms. The molecule has 9 aromatic rings. The maximum Gasteiger partial charge on any atom is 0.0713 e. The second-order valence-corrected chi connectivity index (χ2v) is 19.7. The van der Waals surface area contributed by atoms with Crippen molar-refractivity contribution in [3.05, 3.63) is 215 Å². The Morgan fingerprint density at radius 1 is 0.383 bits per heavy atom. The highest BCUT2D eigenvalue weighted by atomic mass is 32.1. The summed E-state index contributed by atoms with van der Waals surface area (Å²) in [5.41, 5.74) is 19.5. The highest BCUT2D eigenvalue weighted by Crippen LogP contribution is 2.71. The molecule has 0 saturated heterocycles. The minimum absolute atomic E-state index is 0.0337.